The number of rotatable bonds is 8. The standard InChI is InChI=1S/C25H27FN6O3/c1-16-18(13-31(3)29-16)12-30(2)25(34)21-9-20(28-23(33)14-35-4)10-22-24(21)32(15-27-22)11-17-5-7-19(26)8-6-17/h5-10,13,15H,11-12,14H2,1-4H3,(H,28,33). The van der Waals surface area contributed by atoms with Crippen LogP contribution in [0.15, 0.2) is 48.9 Å². The van der Waals surface area contributed by atoms with Crippen LogP contribution in [0.25, 0.3) is 11.0 Å². The molecule has 35 heavy (non-hydrogen) atoms. The second-order valence-electron chi connectivity index (χ2n) is 8.45. The quantitative estimate of drug-likeness (QED) is 0.420. The molecule has 2 heterocycles. The Morgan fingerprint density at radius 2 is 1.94 bits per heavy atom. The fourth-order valence-corrected chi connectivity index (χ4v) is 4.02. The normalized spacial score (nSPS) is 11.1. The van der Waals surface area contributed by atoms with E-state index in [1.165, 1.54) is 19.2 Å². The molecule has 182 valence electrons. The topological polar surface area (TPSA) is 94.3 Å². The number of ether oxygens (including phenoxy) is 1. The summed E-state index contributed by atoms with van der Waals surface area (Å²) in [5, 5.41) is 7.11. The van der Waals surface area contributed by atoms with Crippen molar-refractivity contribution in [3.63, 3.8) is 0 Å². The van der Waals surface area contributed by atoms with Crippen LogP contribution in [0.1, 0.15) is 27.2 Å². The first-order chi connectivity index (χ1) is 16.7. The maximum Gasteiger partial charge on any atom is 0.256 e. The number of aromatic nitrogens is 4. The van der Waals surface area contributed by atoms with Gasteiger partial charge in [-0.2, -0.15) is 5.10 Å². The van der Waals surface area contributed by atoms with Gasteiger partial charge in [0.25, 0.3) is 5.91 Å². The second-order valence-corrected chi connectivity index (χ2v) is 8.45. The summed E-state index contributed by atoms with van der Waals surface area (Å²) in [7, 11) is 4.99. The lowest BCUT2D eigenvalue weighted by Crippen LogP contribution is -2.27. The highest BCUT2D eigenvalue weighted by Crippen LogP contribution is 2.26. The van der Waals surface area contributed by atoms with Crippen molar-refractivity contribution in [2.45, 2.75) is 20.0 Å². The average molecular weight is 479 g/mol. The first kappa shape index (κ1) is 24.1. The van der Waals surface area contributed by atoms with Crippen LogP contribution in [0.4, 0.5) is 10.1 Å². The molecular formula is C25H27FN6O3. The van der Waals surface area contributed by atoms with Gasteiger partial charge in [0.2, 0.25) is 5.91 Å². The van der Waals surface area contributed by atoms with Crippen LogP contribution in [0, 0.1) is 12.7 Å². The molecule has 0 aliphatic carbocycles. The minimum absolute atomic E-state index is 0.111. The summed E-state index contributed by atoms with van der Waals surface area (Å²) in [4.78, 5) is 31.9. The number of nitrogens with zero attached hydrogens (tertiary/aromatic N) is 5. The third kappa shape index (κ3) is 5.38. The lowest BCUT2D eigenvalue weighted by Gasteiger charge is -2.19. The molecule has 2 amide bonds. The van der Waals surface area contributed by atoms with Gasteiger partial charge in [-0.15, -0.1) is 0 Å². The van der Waals surface area contributed by atoms with Gasteiger partial charge in [-0.05, 0) is 36.8 Å². The van der Waals surface area contributed by atoms with E-state index in [1.54, 1.807) is 47.2 Å². The number of carbonyl (C=O) groups is 2. The van der Waals surface area contributed by atoms with E-state index in [0.717, 1.165) is 16.8 Å². The number of carbonyl (C=O) groups excluding carboxylic acids is 2. The third-order valence-electron chi connectivity index (χ3n) is 5.64. The predicted octanol–water partition coefficient (Wildman–Crippen LogP) is 3.12. The summed E-state index contributed by atoms with van der Waals surface area (Å²) in [6.07, 6.45) is 3.52. The molecule has 4 aromatic rings. The van der Waals surface area contributed by atoms with E-state index in [2.05, 4.69) is 15.4 Å². The van der Waals surface area contributed by atoms with Crippen molar-refractivity contribution in [1.29, 1.82) is 0 Å². The molecule has 0 saturated carbocycles. The molecule has 2 aromatic carbocycles. The molecule has 0 unspecified atom stereocenters. The number of benzene rings is 2. The van der Waals surface area contributed by atoms with Crippen LogP contribution in [-0.4, -0.2) is 56.8 Å². The highest BCUT2D eigenvalue weighted by atomic mass is 19.1. The average Bonchev–Trinajstić information content (AvgIpc) is 3.36. The van der Waals surface area contributed by atoms with Gasteiger partial charge in [-0.25, -0.2) is 9.37 Å². The zero-order chi connectivity index (χ0) is 25.1. The summed E-state index contributed by atoms with van der Waals surface area (Å²) < 4.78 is 21.8. The van der Waals surface area contributed by atoms with Gasteiger partial charge in [0.1, 0.15) is 12.4 Å². The summed E-state index contributed by atoms with van der Waals surface area (Å²) >= 11 is 0. The van der Waals surface area contributed by atoms with Gasteiger partial charge in [-0.1, -0.05) is 12.1 Å². The number of nitrogens with one attached hydrogen (secondary N) is 1. The highest BCUT2D eigenvalue weighted by molar-refractivity contribution is 6.07. The van der Waals surface area contributed by atoms with Crippen LogP contribution in [0.5, 0.6) is 0 Å². The van der Waals surface area contributed by atoms with Gasteiger partial charge >= 0.3 is 0 Å². The van der Waals surface area contributed by atoms with Crippen molar-refractivity contribution in [2.24, 2.45) is 7.05 Å². The van der Waals surface area contributed by atoms with E-state index >= 15 is 0 Å². The fraction of sp³-hybridized carbons (Fsp3) is 0.280. The molecule has 0 radical (unpaired) electrons. The van der Waals surface area contributed by atoms with Gasteiger partial charge in [-0.3, -0.25) is 14.3 Å². The van der Waals surface area contributed by atoms with E-state index in [-0.39, 0.29) is 24.2 Å². The summed E-state index contributed by atoms with van der Waals surface area (Å²) in [5.41, 5.74) is 4.65. The van der Waals surface area contributed by atoms with Crippen molar-refractivity contribution in [2.75, 3.05) is 26.1 Å². The molecule has 0 saturated heterocycles. The third-order valence-corrected chi connectivity index (χ3v) is 5.64. The monoisotopic (exact) mass is 478 g/mol. The van der Waals surface area contributed by atoms with Crippen LogP contribution in [0.3, 0.4) is 0 Å². The Morgan fingerprint density at radius 1 is 1.20 bits per heavy atom. The molecule has 0 atom stereocenters. The number of hydrogen-bond acceptors (Lipinski definition) is 5. The predicted molar refractivity (Wildman–Crippen MR) is 129 cm³/mol. The Hall–Kier alpha value is -4.05. The van der Waals surface area contributed by atoms with E-state index in [9.17, 15) is 14.0 Å². The summed E-state index contributed by atoms with van der Waals surface area (Å²) in [6.45, 7) is 2.56. The van der Waals surface area contributed by atoms with Crippen LogP contribution in [-0.2, 0) is 29.7 Å². The highest BCUT2D eigenvalue weighted by Gasteiger charge is 2.21. The number of aryl methyl sites for hydroxylation is 2. The van der Waals surface area contributed by atoms with Crippen molar-refractivity contribution in [3.05, 3.63) is 77.1 Å². The molecular weight excluding hydrogens is 451 g/mol. The molecule has 1 N–H and O–H groups in total. The number of fused-ring (bicyclic) bond motifs is 1. The number of hydrogen-bond donors (Lipinski definition) is 1. The number of methoxy groups -OCH3 is 1. The molecule has 0 aliphatic rings. The van der Waals surface area contributed by atoms with Gasteiger partial charge in [0, 0.05) is 51.7 Å². The lowest BCUT2D eigenvalue weighted by molar-refractivity contribution is -0.119. The van der Waals surface area contributed by atoms with Gasteiger partial charge < -0.3 is 19.5 Å². The van der Waals surface area contributed by atoms with Gasteiger partial charge in [0.05, 0.1) is 28.6 Å². The van der Waals surface area contributed by atoms with Crippen molar-refractivity contribution in [1.82, 2.24) is 24.2 Å². The zero-order valence-electron chi connectivity index (χ0n) is 20.1. The zero-order valence-corrected chi connectivity index (χ0v) is 20.1. The maximum absolute atomic E-state index is 13.7. The number of imidazole rings is 1. The lowest BCUT2D eigenvalue weighted by atomic mass is 10.1. The largest absolute Gasteiger partial charge is 0.375 e. The number of anilines is 1. The smallest absolute Gasteiger partial charge is 0.256 e. The molecule has 0 bridgehead atoms. The molecule has 9 nitrogen and oxygen atoms in total. The van der Waals surface area contributed by atoms with Crippen molar-refractivity contribution < 1.29 is 18.7 Å². The fourth-order valence-electron chi connectivity index (χ4n) is 4.02. The van der Waals surface area contributed by atoms with E-state index in [1.807, 2.05) is 24.7 Å². The first-order valence-corrected chi connectivity index (χ1v) is 11.0. The first-order valence-electron chi connectivity index (χ1n) is 11.0. The Labute approximate surface area is 202 Å². The Bertz CT molecular complexity index is 1380. The maximum atomic E-state index is 13.7. The molecule has 4 rings (SSSR count). The summed E-state index contributed by atoms with van der Waals surface area (Å²) in [5.74, 6) is -0.888. The Morgan fingerprint density at radius 3 is 2.60 bits per heavy atom. The minimum Gasteiger partial charge on any atom is -0.375 e. The molecule has 0 aliphatic heterocycles. The summed E-state index contributed by atoms with van der Waals surface area (Å²) in [6, 6.07) is 9.54. The van der Waals surface area contributed by atoms with E-state index < -0.39 is 0 Å². The molecule has 10 heteroatoms. The van der Waals surface area contributed by atoms with Crippen molar-refractivity contribution in [3.8, 4) is 0 Å². The molecule has 2 aromatic heterocycles. The van der Waals surface area contributed by atoms with Gasteiger partial charge in [0.15, 0.2) is 0 Å². The second kappa shape index (κ2) is 10.1. The minimum atomic E-state index is -0.338. The SMILES string of the molecule is COCC(=O)Nc1cc(C(=O)N(C)Cc2cn(C)nc2C)c2c(c1)ncn2Cc1ccc(F)cc1. The Balaban J connectivity index is 1.73. The molecule has 0 fully saturated rings. The Kier molecular flexibility index (Phi) is 6.92. The number of amides is 2. The van der Waals surface area contributed by atoms with Crippen LogP contribution in [0.2, 0.25) is 0 Å². The van der Waals surface area contributed by atoms with Crippen LogP contribution >= 0.6 is 0 Å². The van der Waals surface area contributed by atoms with Crippen LogP contribution < -0.4 is 5.32 Å². The van der Waals surface area contributed by atoms with E-state index in [4.69, 9.17) is 4.74 Å². The number of halogens is 1. The van der Waals surface area contributed by atoms with E-state index in [0.29, 0.717) is 35.4 Å². The molecule has 0 spiro atoms. The van der Waals surface area contributed by atoms with Crippen molar-refractivity contribution >= 4 is 28.5 Å².